The Labute approximate surface area is 98.8 Å². The van der Waals surface area contributed by atoms with Gasteiger partial charge in [0.1, 0.15) is 0 Å². The zero-order chi connectivity index (χ0) is 11.5. The molecule has 3 heteroatoms. The molecule has 2 aliphatic rings. The second-order valence-electron chi connectivity index (χ2n) is 5.44. The zero-order valence-electron chi connectivity index (χ0n) is 10.6. The number of rotatable bonds is 2. The molecule has 0 aromatic heterocycles. The minimum atomic E-state index is 0.313. The molecule has 0 unspecified atom stereocenters. The molecule has 0 N–H and O–H groups in total. The van der Waals surface area contributed by atoms with Crippen LogP contribution in [0.4, 0.5) is 0 Å². The van der Waals surface area contributed by atoms with Crippen LogP contribution in [0.3, 0.4) is 0 Å². The van der Waals surface area contributed by atoms with Gasteiger partial charge in [-0.15, -0.1) is 0 Å². The molecule has 2 saturated heterocycles. The summed E-state index contributed by atoms with van der Waals surface area (Å²) in [5, 5.41) is 0. The molecule has 92 valence electrons. The van der Waals surface area contributed by atoms with Gasteiger partial charge in [0, 0.05) is 25.0 Å². The Kier molecular flexibility index (Phi) is 3.85. The standard InChI is InChI=1S/C13H24N2O/c1-11(2)14-9-5-12(6-10-14)13(16)15-7-3-4-8-15/h11-12H,3-10H2,1-2H3. The highest BCUT2D eigenvalue weighted by atomic mass is 16.2. The summed E-state index contributed by atoms with van der Waals surface area (Å²) in [6.45, 7) is 8.68. The van der Waals surface area contributed by atoms with Crippen LogP contribution >= 0.6 is 0 Å². The molecule has 0 bridgehead atoms. The number of piperidine rings is 1. The van der Waals surface area contributed by atoms with Gasteiger partial charge in [-0.05, 0) is 52.6 Å². The summed E-state index contributed by atoms with van der Waals surface area (Å²) in [6.07, 6.45) is 4.54. The minimum absolute atomic E-state index is 0.313. The van der Waals surface area contributed by atoms with E-state index in [1.807, 2.05) is 0 Å². The Balaban J connectivity index is 1.81. The van der Waals surface area contributed by atoms with Crippen molar-refractivity contribution in [2.45, 2.75) is 45.6 Å². The molecule has 2 aliphatic heterocycles. The van der Waals surface area contributed by atoms with Crippen molar-refractivity contribution in [1.82, 2.24) is 9.80 Å². The topological polar surface area (TPSA) is 23.6 Å². The summed E-state index contributed by atoms with van der Waals surface area (Å²) in [5.41, 5.74) is 0. The van der Waals surface area contributed by atoms with Crippen LogP contribution in [0.5, 0.6) is 0 Å². The fourth-order valence-electron chi connectivity index (χ4n) is 2.86. The lowest BCUT2D eigenvalue weighted by Crippen LogP contribution is -2.43. The van der Waals surface area contributed by atoms with Crippen LogP contribution in [0.25, 0.3) is 0 Å². The molecule has 2 fully saturated rings. The van der Waals surface area contributed by atoms with E-state index in [9.17, 15) is 4.79 Å². The van der Waals surface area contributed by atoms with Gasteiger partial charge in [-0.1, -0.05) is 0 Å². The lowest BCUT2D eigenvalue weighted by Gasteiger charge is -2.35. The van der Waals surface area contributed by atoms with Gasteiger partial charge < -0.3 is 9.80 Å². The first-order valence-corrected chi connectivity index (χ1v) is 6.71. The molecule has 16 heavy (non-hydrogen) atoms. The van der Waals surface area contributed by atoms with E-state index in [1.54, 1.807) is 0 Å². The van der Waals surface area contributed by atoms with E-state index in [0.29, 0.717) is 17.9 Å². The number of amides is 1. The minimum Gasteiger partial charge on any atom is -0.342 e. The second kappa shape index (κ2) is 5.17. The van der Waals surface area contributed by atoms with Crippen molar-refractivity contribution in [2.75, 3.05) is 26.2 Å². The monoisotopic (exact) mass is 224 g/mol. The van der Waals surface area contributed by atoms with E-state index in [-0.39, 0.29) is 0 Å². The first-order valence-electron chi connectivity index (χ1n) is 6.71. The largest absolute Gasteiger partial charge is 0.342 e. The fourth-order valence-corrected chi connectivity index (χ4v) is 2.86. The van der Waals surface area contributed by atoms with Gasteiger partial charge in [0.25, 0.3) is 0 Å². The zero-order valence-corrected chi connectivity index (χ0v) is 10.6. The average molecular weight is 224 g/mol. The highest BCUT2D eigenvalue weighted by Gasteiger charge is 2.30. The third-order valence-electron chi connectivity index (χ3n) is 4.03. The number of likely N-dealkylation sites (tertiary alicyclic amines) is 2. The van der Waals surface area contributed by atoms with Crippen LogP contribution in [-0.4, -0.2) is 47.9 Å². The third-order valence-corrected chi connectivity index (χ3v) is 4.03. The number of carbonyl (C=O) groups excluding carboxylic acids is 1. The van der Waals surface area contributed by atoms with Crippen LogP contribution in [-0.2, 0) is 4.79 Å². The molecular weight excluding hydrogens is 200 g/mol. The number of hydrogen-bond acceptors (Lipinski definition) is 2. The van der Waals surface area contributed by atoms with Crippen molar-refractivity contribution in [2.24, 2.45) is 5.92 Å². The molecule has 2 heterocycles. The van der Waals surface area contributed by atoms with Crippen LogP contribution in [0.15, 0.2) is 0 Å². The van der Waals surface area contributed by atoms with Crippen LogP contribution < -0.4 is 0 Å². The van der Waals surface area contributed by atoms with Gasteiger partial charge in [-0.25, -0.2) is 0 Å². The van der Waals surface area contributed by atoms with E-state index < -0.39 is 0 Å². The fraction of sp³-hybridized carbons (Fsp3) is 0.923. The van der Waals surface area contributed by atoms with Gasteiger partial charge in [0.15, 0.2) is 0 Å². The SMILES string of the molecule is CC(C)N1CCC(C(=O)N2CCCC2)CC1. The number of nitrogens with zero attached hydrogens (tertiary/aromatic N) is 2. The first-order chi connectivity index (χ1) is 7.68. The lowest BCUT2D eigenvalue weighted by molar-refractivity contribution is -0.136. The predicted molar refractivity (Wildman–Crippen MR) is 65.2 cm³/mol. The molecule has 0 radical (unpaired) electrons. The maximum absolute atomic E-state index is 12.2. The highest BCUT2D eigenvalue weighted by molar-refractivity contribution is 5.79. The van der Waals surface area contributed by atoms with Crippen molar-refractivity contribution in [1.29, 1.82) is 0 Å². The van der Waals surface area contributed by atoms with E-state index in [0.717, 1.165) is 39.0 Å². The van der Waals surface area contributed by atoms with Crippen molar-refractivity contribution in [3.05, 3.63) is 0 Å². The van der Waals surface area contributed by atoms with E-state index in [2.05, 4.69) is 23.6 Å². The predicted octanol–water partition coefficient (Wildman–Crippen LogP) is 1.73. The van der Waals surface area contributed by atoms with E-state index in [4.69, 9.17) is 0 Å². The Morgan fingerprint density at radius 3 is 2.12 bits per heavy atom. The van der Waals surface area contributed by atoms with E-state index in [1.165, 1.54) is 12.8 Å². The maximum Gasteiger partial charge on any atom is 0.225 e. The van der Waals surface area contributed by atoms with Crippen LogP contribution in [0.1, 0.15) is 39.5 Å². The molecule has 3 nitrogen and oxygen atoms in total. The second-order valence-corrected chi connectivity index (χ2v) is 5.44. The van der Waals surface area contributed by atoms with Gasteiger partial charge in [0.2, 0.25) is 5.91 Å². The smallest absolute Gasteiger partial charge is 0.225 e. The van der Waals surface area contributed by atoms with Gasteiger partial charge in [0.05, 0.1) is 0 Å². The Morgan fingerprint density at radius 1 is 1.06 bits per heavy atom. The molecule has 1 amide bonds. The van der Waals surface area contributed by atoms with Crippen molar-refractivity contribution < 1.29 is 4.79 Å². The summed E-state index contributed by atoms with van der Waals surface area (Å²) in [7, 11) is 0. The Bertz CT molecular complexity index is 238. The van der Waals surface area contributed by atoms with Gasteiger partial charge >= 0.3 is 0 Å². The maximum atomic E-state index is 12.2. The molecular formula is C13H24N2O. The molecule has 0 saturated carbocycles. The van der Waals surface area contributed by atoms with Crippen LogP contribution in [0.2, 0.25) is 0 Å². The summed E-state index contributed by atoms with van der Waals surface area (Å²) in [5.74, 6) is 0.744. The Hall–Kier alpha value is -0.570. The van der Waals surface area contributed by atoms with E-state index >= 15 is 0 Å². The van der Waals surface area contributed by atoms with Crippen molar-refractivity contribution in [3.63, 3.8) is 0 Å². The molecule has 0 aromatic carbocycles. The van der Waals surface area contributed by atoms with Crippen molar-refractivity contribution >= 4 is 5.91 Å². The molecule has 0 atom stereocenters. The molecule has 2 rings (SSSR count). The van der Waals surface area contributed by atoms with Crippen molar-refractivity contribution in [3.8, 4) is 0 Å². The molecule has 0 aromatic rings. The third kappa shape index (κ3) is 2.57. The lowest BCUT2D eigenvalue weighted by atomic mass is 9.94. The first kappa shape index (κ1) is 11.9. The molecule has 0 spiro atoms. The summed E-state index contributed by atoms with van der Waals surface area (Å²) >= 11 is 0. The summed E-state index contributed by atoms with van der Waals surface area (Å²) in [6, 6.07) is 0.628. The van der Waals surface area contributed by atoms with Gasteiger partial charge in [-0.2, -0.15) is 0 Å². The number of hydrogen-bond donors (Lipinski definition) is 0. The van der Waals surface area contributed by atoms with Crippen LogP contribution in [0, 0.1) is 5.92 Å². The average Bonchev–Trinajstić information content (AvgIpc) is 2.81. The normalized spacial score (nSPS) is 24.3. The van der Waals surface area contributed by atoms with Gasteiger partial charge in [-0.3, -0.25) is 4.79 Å². The summed E-state index contributed by atoms with van der Waals surface area (Å²) < 4.78 is 0. The number of carbonyl (C=O) groups is 1. The molecule has 0 aliphatic carbocycles. The quantitative estimate of drug-likeness (QED) is 0.713. The Morgan fingerprint density at radius 2 is 1.62 bits per heavy atom. The summed E-state index contributed by atoms with van der Waals surface area (Å²) in [4.78, 5) is 16.7. The highest BCUT2D eigenvalue weighted by Crippen LogP contribution is 2.22.